The molecule has 1 aromatic rings. The SMILES string of the molecule is NCCOC1CCN(S(=O)(=O)c2ccc(F)cc2F)CC1. The van der Waals surface area contributed by atoms with E-state index in [0.717, 1.165) is 12.1 Å². The summed E-state index contributed by atoms with van der Waals surface area (Å²) in [6, 6.07) is 2.47. The molecule has 118 valence electrons. The third-order valence-corrected chi connectivity index (χ3v) is 5.32. The van der Waals surface area contributed by atoms with Crippen LogP contribution in [0.5, 0.6) is 0 Å². The number of hydrogen-bond donors (Lipinski definition) is 1. The van der Waals surface area contributed by atoms with Crippen molar-refractivity contribution in [1.82, 2.24) is 4.31 Å². The lowest BCUT2D eigenvalue weighted by atomic mass is 10.1. The van der Waals surface area contributed by atoms with E-state index in [0.29, 0.717) is 32.1 Å². The minimum Gasteiger partial charge on any atom is -0.377 e. The van der Waals surface area contributed by atoms with Gasteiger partial charge in [-0.3, -0.25) is 0 Å². The summed E-state index contributed by atoms with van der Waals surface area (Å²) in [5.41, 5.74) is 5.34. The molecule has 0 atom stereocenters. The van der Waals surface area contributed by atoms with Crippen molar-refractivity contribution in [2.45, 2.75) is 23.8 Å². The second kappa shape index (κ2) is 6.78. The lowest BCUT2D eigenvalue weighted by Crippen LogP contribution is -2.41. The molecule has 1 aromatic carbocycles. The normalized spacial score (nSPS) is 18.0. The standard InChI is InChI=1S/C13H18F2N2O3S/c14-10-1-2-13(12(15)9-10)21(18,19)17-6-3-11(4-7-17)20-8-5-16/h1-2,9,11H,3-8,16H2. The molecule has 8 heteroatoms. The van der Waals surface area contributed by atoms with Gasteiger partial charge in [-0.25, -0.2) is 17.2 Å². The molecule has 0 radical (unpaired) electrons. The highest BCUT2D eigenvalue weighted by Crippen LogP contribution is 2.24. The predicted molar refractivity (Wildman–Crippen MR) is 73.1 cm³/mol. The highest BCUT2D eigenvalue weighted by Gasteiger charge is 2.31. The number of halogens is 2. The first-order valence-electron chi connectivity index (χ1n) is 6.72. The second-order valence-corrected chi connectivity index (χ2v) is 6.74. The summed E-state index contributed by atoms with van der Waals surface area (Å²) in [5.74, 6) is -1.88. The monoisotopic (exact) mass is 320 g/mol. The maximum atomic E-state index is 13.7. The highest BCUT2D eigenvalue weighted by atomic mass is 32.2. The van der Waals surface area contributed by atoms with Gasteiger partial charge in [-0.2, -0.15) is 4.31 Å². The van der Waals surface area contributed by atoms with E-state index in [1.807, 2.05) is 0 Å². The minimum atomic E-state index is -3.94. The number of hydrogen-bond acceptors (Lipinski definition) is 4. The smallest absolute Gasteiger partial charge is 0.245 e. The summed E-state index contributed by atoms with van der Waals surface area (Å²) in [5, 5.41) is 0. The van der Waals surface area contributed by atoms with E-state index in [4.69, 9.17) is 10.5 Å². The first-order valence-corrected chi connectivity index (χ1v) is 8.16. The zero-order chi connectivity index (χ0) is 15.5. The molecule has 2 N–H and O–H groups in total. The first kappa shape index (κ1) is 16.3. The van der Waals surface area contributed by atoms with Gasteiger partial charge in [0.1, 0.15) is 16.5 Å². The van der Waals surface area contributed by atoms with Crippen molar-refractivity contribution in [3.05, 3.63) is 29.8 Å². The average Bonchev–Trinajstić information content (AvgIpc) is 2.45. The maximum Gasteiger partial charge on any atom is 0.245 e. The summed E-state index contributed by atoms with van der Waals surface area (Å²) in [6.45, 7) is 1.34. The Morgan fingerprint density at radius 3 is 2.52 bits per heavy atom. The summed E-state index contributed by atoms with van der Waals surface area (Å²) < 4.78 is 57.9. The molecule has 1 fully saturated rings. The number of piperidine rings is 1. The topological polar surface area (TPSA) is 72.6 Å². The Labute approximate surface area is 122 Å². The van der Waals surface area contributed by atoms with Crippen LogP contribution in [-0.2, 0) is 14.8 Å². The Balaban J connectivity index is 2.08. The summed E-state index contributed by atoms with van der Waals surface area (Å²) >= 11 is 0. The van der Waals surface area contributed by atoms with Crippen LogP contribution in [-0.4, -0.2) is 45.1 Å². The Morgan fingerprint density at radius 1 is 1.29 bits per heavy atom. The minimum absolute atomic E-state index is 0.0296. The van der Waals surface area contributed by atoms with Gasteiger partial charge in [0.05, 0.1) is 12.7 Å². The van der Waals surface area contributed by atoms with E-state index < -0.39 is 26.6 Å². The van der Waals surface area contributed by atoms with Crippen molar-refractivity contribution >= 4 is 10.0 Å². The second-order valence-electron chi connectivity index (χ2n) is 4.84. The predicted octanol–water partition coefficient (Wildman–Crippen LogP) is 1.09. The molecule has 0 unspecified atom stereocenters. The lowest BCUT2D eigenvalue weighted by molar-refractivity contribution is 0.0257. The number of benzene rings is 1. The number of nitrogens with zero attached hydrogens (tertiary/aromatic N) is 1. The molecule has 0 aliphatic carbocycles. The van der Waals surface area contributed by atoms with Crippen LogP contribution in [0.25, 0.3) is 0 Å². The van der Waals surface area contributed by atoms with Gasteiger partial charge in [0.15, 0.2) is 0 Å². The van der Waals surface area contributed by atoms with Crippen molar-refractivity contribution in [3.8, 4) is 0 Å². The van der Waals surface area contributed by atoms with Gasteiger partial charge in [-0.15, -0.1) is 0 Å². The quantitative estimate of drug-likeness (QED) is 0.881. The molecular formula is C13H18F2N2O3S. The molecule has 2 rings (SSSR count). The van der Waals surface area contributed by atoms with Gasteiger partial charge in [-0.1, -0.05) is 0 Å². The number of nitrogens with two attached hydrogens (primary N) is 1. The van der Waals surface area contributed by atoms with Crippen molar-refractivity contribution in [2.75, 3.05) is 26.2 Å². The van der Waals surface area contributed by atoms with Crippen molar-refractivity contribution < 1.29 is 21.9 Å². The van der Waals surface area contributed by atoms with E-state index in [1.165, 1.54) is 4.31 Å². The Kier molecular flexibility index (Phi) is 5.26. The van der Waals surface area contributed by atoms with Gasteiger partial charge in [0, 0.05) is 25.7 Å². The third-order valence-electron chi connectivity index (χ3n) is 3.38. The molecule has 5 nitrogen and oxygen atoms in total. The van der Waals surface area contributed by atoms with Crippen LogP contribution in [0.4, 0.5) is 8.78 Å². The van der Waals surface area contributed by atoms with Crippen LogP contribution >= 0.6 is 0 Å². The molecule has 1 heterocycles. The molecule has 1 aliphatic heterocycles. The summed E-state index contributed by atoms with van der Waals surface area (Å²) in [7, 11) is -3.94. The van der Waals surface area contributed by atoms with Crippen LogP contribution in [0.2, 0.25) is 0 Å². The van der Waals surface area contributed by atoms with Gasteiger partial charge >= 0.3 is 0 Å². The molecule has 1 aliphatic rings. The van der Waals surface area contributed by atoms with Gasteiger partial charge < -0.3 is 10.5 Å². The van der Waals surface area contributed by atoms with Crippen molar-refractivity contribution in [2.24, 2.45) is 5.73 Å². The van der Waals surface area contributed by atoms with E-state index in [9.17, 15) is 17.2 Å². The van der Waals surface area contributed by atoms with Crippen LogP contribution in [0.1, 0.15) is 12.8 Å². The third kappa shape index (κ3) is 3.76. The first-order chi connectivity index (χ1) is 9.95. The van der Waals surface area contributed by atoms with Crippen LogP contribution in [0.15, 0.2) is 23.1 Å². The molecule has 0 amide bonds. The van der Waals surface area contributed by atoms with Crippen molar-refractivity contribution in [3.63, 3.8) is 0 Å². The van der Waals surface area contributed by atoms with Crippen LogP contribution in [0.3, 0.4) is 0 Å². The molecule has 0 spiro atoms. The molecule has 0 saturated carbocycles. The fourth-order valence-electron chi connectivity index (χ4n) is 2.30. The molecule has 1 saturated heterocycles. The van der Waals surface area contributed by atoms with Gasteiger partial charge in [-0.05, 0) is 25.0 Å². The van der Waals surface area contributed by atoms with Gasteiger partial charge in [0.2, 0.25) is 10.0 Å². The summed E-state index contributed by atoms with van der Waals surface area (Å²) in [4.78, 5) is -0.495. The van der Waals surface area contributed by atoms with Crippen LogP contribution in [0, 0.1) is 11.6 Å². The Morgan fingerprint density at radius 2 is 1.95 bits per heavy atom. The maximum absolute atomic E-state index is 13.7. The number of rotatable bonds is 5. The molecule has 21 heavy (non-hydrogen) atoms. The Hall–Kier alpha value is -1.09. The fraction of sp³-hybridized carbons (Fsp3) is 0.538. The fourth-order valence-corrected chi connectivity index (χ4v) is 3.81. The lowest BCUT2D eigenvalue weighted by Gasteiger charge is -2.31. The van der Waals surface area contributed by atoms with E-state index in [1.54, 1.807) is 0 Å². The Bertz CT molecular complexity index is 587. The summed E-state index contributed by atoms with van der Waals surface area (Å²) in [6.07, 6.45) is 1.03. The van der Waals surface area contributed by atoms with Crippen molar-refractivity contribution in [1.29, 1.82) is 0 Å². The zero-order valence-electron chi connectivity index (χ0n) is 11.5. The largest absolute Gasteiger partial charge is 0.377 e. The van der Waals surface area contributed by atoms with Crippen LogP contribution < -0.4 is 5.73 Å². The van der Waals surface area contributed by atoms with E-state index in [2.05, 4.69) is 0 Å². The number of ether oxygens (including phenoxy) is 1. The zero-order valence-corrected chi connectivity index (χ0v) is 12.3. The highest BCUT2D eigenvalue weighted by molar-refractivity contribution is 7.89. The average molecular weight is 320 g/mol. The number of sulfonamides is 1. The van der Waals surface area contributed by atoms with E-state index >= 15 is 0 Å². The molecule has 0 bridgehead atoms. The molecular weight excluding hydrogens is 302 g/mol. The molecule has 0 aromatic heterocycles. The van der Waals surface area contributed by atoms with Gasteiger partial charge in [0.25, 0.3) is 0 Å². The van der Waals surface area contributed by atoms with E-state index in [-0.39, 0.29) is 19.2 Å².